The predicted molar refractivity (Wildman–Crippen MR) is 54.0 cm³/mol. The number of carboxylic acid groups (broad SMARTS) is 1. The van der Waals surface area contributed by atoms with Crippen molar-refractivity contribution in [2.45, 2.75) is 51.6 Å². The van der Waals surface area contributed by atoms with Crippen LogP contribution in [0.4, 0.5) is 0 Å². The molecule has 0 bridgehead atoms. The zero-order valence-electron chi connectivity index (χ0n) is 8.99. The van der Waals surface area contributed by atoms with Gasteiger partial charge < -0.3 is 10.2 Å². The van der Waals surface area contributed by atoms with Crippen molar-refractivity contribution in [2.24, 2.45) is 11.8 Å². The minimum Gasteiger partial charge on any atom is -0.479 e. The lowest BCUT2D eigenvalue weighted by Gasteiger charge is -2.34. The van der Waals surface area contributed by atoms with Gasteiger partial charge in [0.2, 0.25) is 0 Å². The van der Waals surface area contributed by atoms with Gasteiger partial charge in [0.25, 0.3) is 0 Å². The number of rotatable bonds is 3. The molecule has 3 nitrogen and oxygen atoms in total. The Hall–Kier alpha value is -0.570. The normalized spacial score (nSPS) is 25.4. The number of aliphatic hydroxyl groups is 1. The van der Waals surface area contributed by atoms with Gasteiger partial charge in [-0.3, -0.25) is 0 Å². The SMILES string of the molecule is CC(C1CCCCC1)C(C)(O)C(=O)O. The highest BCUT2D eigenvalue weighted by molar-refractivity contribution is 5.76. The molecular weight excluding hydrogens is 180 g/mol. The van der Waals surface area contributed by atoms with Gasteiger partial charge in [0.1, 0.15) is 0 Å². The van der Waals surface area contributed by atoms with E-state index in [0.717, 1.165) is 12.8 Å². The predicted octanol–water partition coefficient (Wildman–Crippen LogP) is 2.04. The van der Waals surface area contributed by atoms with E-state index in [1.165, 1.54) is 26.2 Å². The molecule has 1 fully saturated rings. The van der Waals surface area contributed by atoms with Gasteiger partial charge >= 0.3 is 5.97 Å². The lowest BCUT2D eigenvalue weighted by molar-refractivity contribution is -0.164. The lowest BCUT2D eigenvalue weighted by Crippen LogP contribution is -2.45. The Labute approximate surface area is 85.1 Å². The van der Waals surface area contributed by atoms with Crippen LogP contribution < -0.4 is 0 Å². The van der Waals surface area contributed by atoms with Gasteiger partial charge in [-0.2, -0.15) is 0 Å². The Balaban J connectivity index is 2.62. The van der Waals surface area contributed by atoms with Gasteiger partial charge in [-0.15, -0.1) is 0 Å². The van der Waals surface area contributed by atoms with Crippen molar-refractivity contribution in [1.82, 2.24) is 0 Å². The largest absolute Gasteiger partial charge is 0.479 e. The van der Waals surface area contributed by atoms with Crippen LogP contribution in [0.5, 0.6) is 0 Å². The fourth-order valence-corrected chi connectivity index (χ4v) is 2.29. The van der Waals surface area contributed by atoms with Crippen LogP contribution in [0.25, 0.3) is 0 Å². The summed E-state index contributed by atoms with van der Waals surface area (Å²) >= 11 is 0. The zero-order chi connectivity index (χ0) is 10.8. The third-order valence-electron chi connectivity index (χ3n) is 3.68. The van der Waals surface area contributed by atoms with Crippen LogP contribution in [0.1, 0.15) is 46.0 Å². The average molecular weight is 200 g/mol. The molecule has 2 unspecified atom stereocenters. The van der Waals surface area contributed by atoms with Crippen LogP contribution in [0.3, 0.4) is 0 Å². The maximum Gasteiger partial charge on any atom is 0.335 e. The highest BCUT2D eigenvalue weighted by Gasteiger charge is 2.40. The third-order valence-corrected chi connectivity index (χ3v) is 3.68. The second-order valence-electron chi connectivity index (χ2n) is 4.64. The summed E-state index contributed by atoms with van der Waals surface area (Å²) in [5, 5.41) is 18.7. The molecule has 0 aromatic heterocycles. The first kappa shape index (κ1) is 11.5. The van der Waals surface area contributed by atoms with Crippen molar-refractivity contribution in [2.75, 3.05) is 0 Å². The number of carboxylic acids is 1. The molecule has 0 aromatic carbocycles. The van der Waals surface area contributed by atoms with Crippen molar-refractivity contribution >= 4 is 5.97 Å². The summed E-state index contributed by atoms with van der Waals surface area (Å²) in [7, 11) is 0. The molecule has 0 radical (unpaired) electrons. The molecule has 1 rings (SSSR count). The maximum absolute atomic E-state index is 10.9. The van der Waals surface area contributed by atoms with Crippen LogP contribution in [0.2, 0.25) is 0 Å². The van der Waals surface area contributed by atoms with Crippen LogP contribution in [0, 0.1) is 11.8 Å². The lowest BCUT2D eigenvalue weighted by atomic mass is 9.73. The van der Waals surface area contributed by atoms with Gasteiger partial charge in [-0.25, -0.2) is 4.79 Å². The number of carbonyl (C=O) groups is 1. The summed E-state index contributed by atoms with van der Waals surface area (Å²) in [4.78, 5) is 10.9. The molecule has 2 atom stereocenters. The van der Waals surface area contributed by atoms with E-state index in [4.69, 9.17) is 5.11 Å². The van der Waals surface area contributed by atoms with E-state index in [1.807, 2.05) is 6.92 Å². The van der Waals surface area contributed by atoms with Gasteiger partial charge in [0, 0.05) is 0 Å². The quantitative estimate of drug-likeness (QED) is 0.733. The molecule has 3 heteroatoms. The van der Waals surface area contributed by atoms with Crippen molar-refractivity contribution < 1.29 is 15.0 Å². The van der Waals surface area contributed by atoms with Gasteiger partial charge in [0.05, 0.1) is 0 Å². The molecular formula is C11H20O3. The van der Waals surface area contributed by atoms with E-state index >= 15 is 0 Å². The van der Waals surface area contributed by atoms with E-state index in [2.05, 4.69) is 0 Å². The Bertz CT molecular complexity index is 205. The van der Waals surface area contributed by atoms with E-state index < -0.39 is 11.6 Å². The second kappa shape index (κ2) is 4.30. The van der Waals surface area contributed by atoms with E-state index in [9.17, 15) is 9.90 Å². The van der Waals surface area contributed by atoms with Crippen molar-refractivity contribution in [3.8, 4) is 0 Å². The van der Waals surface area contributed by atoms with Gasteiger partial charge in [-0.1, -0.05) is 39.0 Å². The molecule has 1 aliphatic carbocycles. The minimum absolute atomic E-state index is 0.153. The standard InChI is InChI=1S/C11H20O3/c1-8(11(2,14)10(12)13)9-6-4-3-5-7-9/h8-9,14H,3-7H2,1-2H3,(H,12,13). The maximum atomic E-state index is 10.9. The Morgan fingerprint density at radius 2 is 1.86 bits per heavy atom. The monoisotopic (exact) mass is 200 g/mol. The topological polar surface area (TPSA) is 57.5 Å². The molecule has 0 spiro atoms. The smallest absolute Gasteiger partial charge is 0.335 e. The van der Waals surface area contributed by atoms with Crippen molar-refractivity contribution in [3.63, 3.8) is 0 Å². The number of hydrogen-bond acceptors (Lipinski definition) is 2. The van der Waals surface area contributed by atoms with Gasteiger partial charge in [0.15, 0.2) is 5.60 Å². The van der Waals surface area contributed by atoms with E-state index in [1.54, 1.807) is 0 Å². The van der Waals surface area contributed by atoms with Crippen molar-refractivity contribution in [1.29, 1.82) is 0 Å². The average Bonchev–Trinajstić information content (AvgIpc) is 2.17. The Morgan fingerprint density at radius 3 is 2.29 bits per heavy atom. The molecule has 0 aromatic rings. The second-order valence-corrected chi connectivity index (χ2v) is 4.64. The summed E-state index contributed by atoms with van der Waals surface area (Å²) in [5.74, 6) is -0.884. The first-order valence-electron chi connectivity index (χ1n) is 5.42. The number of aliphatic carboxylic acids is 1. The first-order valence-corrected chi connectivity index (χ1v) is 5.42. The fourth-order valence-electron chi connectivity index (χ4n) is 2.29. The van der Waals surface area contributed by atoms with E-state index in [0.29, 0.717) is 5.92 Å². The van der Waals surface area contributed by atoms with Crippen LogP contribution in [-0.2, 0) is 4.79 Å². The molecule has 1 saturated carbocycles. The molecule has 82 valence electrons. The van der Waals surface area contributed by atoms with Crippen LogP contribution >= 0.6 is 0 Å². The molecule has 0 amide bonds. The van der Waals surface area contributed by atoms with Crippen LogP contribution in [0.15, 0.2) is 0 Å². The summed E-state index contributed by atoms with van der Waals surface area (Å²) in [6, 6.07) is 0. The fraction of sp³-hybridized carbons (Fsp3) is 0.909. The zero-order valence-corrected chi connectivity index (χ0v) is 8.99. The summed E-state index contributed by atoms with van der Waals surface area (Å²) < 4.78 is 0. The van der Waals surface area contributed by atoms with Gasteiger partial charge in [-0.05, 0) is 18.8 Å². The summed E-state index contributed by atoms with van der Waals surface area (Å²) in [5.41, 5.74) is -1.57. The minimum atomic E-state index is -1.57. The molecule has 1 aliphatic rings. The Morgan fingerprint density at radius 1 is 1.36 bits per heavy atom. The highest BCUT2D eigenvalue weighted by Crippen LogP contribution is 2.35. The molecule has 0 aliphatic heterocycles. The van der Waals surface area contributed by atoms with Crippen molar-refractivity contribution in [3.05, 3.63) is 0 Å². The first-order chi connectivity index (χ1) is 6.46. The number of hydrogen-bond donors (Lipinski definition) is 2. The van der Waals surface area contributed by atoms with Crippen LogP contribution in [-0.4, -0.2) is 21.8 Å². The molecule has 14 heavy (non-hydrogen) atoms. The van der Waals surface area contributed by atoms with E-state index in [-0.39, 0.29) is 5.92 Å². The summed E-state index contributed by atoms with van der Waals surface area (Å²) in [6.45, 7) is 3.26. The third kappa shape index (κ3) is 2.27. The Kier molecular flexibility index (Phi) is 3.53. The summed E-state index contributed by atoms with van der Waals surface area (Å²) in [6.07, 6.45) is 5.71. The molecule has 0 saturated heterocycles. The highest BCUT2D eigenvalue weighted by atomic mass is 16.4. The molecule has 2 N–H and O–H groups in total. The molecule has 0 heterocycles.